The summed E-state index contributed by atoms with van der Waals surface area (Å²) in [6, 6.07) is 2.83. The van der Waals surface area contributed by atoms with E-state index in [9.17, 15) is 9.59 Å². The van der Waals surface area contributed by atoms with Gasteiger partial charge in [-0.3, -0.25) is 14.7 Å². The van der Waals surface area contributed by atoms with Gasteiger partial charge >= 0.3 is 5.97 Å². The average molecular weight is 269 g/mol. The standard InChI is InChI=1S/C10H9ClN4O3/c1-6(16)18-5-7-2-3-15(14-7)10-8(17)4-9(11)12-13-10/h2-4H,5H2,1H3,(H,12,17). The maximum absolute atomic E-state index is 11.6. The number of aromatic nitrogens is 4. The van der Waals surface area contributed by atoms with Crippen molar-refractivity contribution in [3.8, 4) is 5.82 Å². The Balaban J connectivity index is 2.24. The molecule has 1 N–H and O–H groups in total. The molecule has 2 heterocycles. The number of H-pyrrole nitrogens is 1. The molecule has 2 aromatic rings. The Labute approximate surface area is 106 Å². The summed E-state index contributed by atoms with van der Waals surface area (Å²) in [7, 11) is 0. The molecule has 0 spiro atoms. The minimum Gasteiger partial charge on any atom is -0.459 e. The highest BCUT2D eigenvalue weighted by atomic mass is 35.5. The van der Waals surface area contributed by atoms with Crippen LogP contribution in [0.5, 0.6) is 0 Å². The Kier molecular flexibility index (Phi) is 3.42. The highest BCUT2D eigenvalue weighted by molar-refractivity contribution is 6.29. The van der Waals surface area contributed by atoms with Crippen molar-refractivity contribution in [3.63, 3.8) is 0 Å². The van der Waals surface area contributed by atoms with Gasteiger partial charge in [-0.15, -0.1) is 0 Å². The molecular weight excluding hydrogens is 260 g/mol. The average Bonchev–Trinajstić information content (AvgIpc) is 2.75. The predicted molar refractivity (Wildman–Crippen MR) is 62.5 cm³/mol. The fraction of sp³-hybridized carbons (Fsp3) is 0.200. The van der Waals surface area contributed by atoms with Gasteiger partial charge in [0.1, 0.15) is 17.5 Å². The third-order valence-corrected chi connectivity index (χ3v) is 2.23. The van der Waals surface area contributed by atoms with E-state index < -0.39 is 5.97 Å². The van der Waals surface area contributed by atoms with Crippen LogP contribution in [0.4, 0.5) is 0 Å². The fourth-order valence-corrected chi connectivity index (χ4v) is 1.41. The second-order valence-corrected chi connectivity index (χ2v) is 3.84. The van der Waals surface area contributed by atoms with Gasteiger partial charge in [0, 0.05) is 19.2 Å². The number of nitrogens with one attached hydrogen (secondary N) is 1. The molecule has 0 aliphatic rings. The van der Waals surface area contributed by atoms with E-state index in [4.69, 9.17) is 16.3 Å². The quantitative estimate of drug-likeness (QED) is 0.827. The zero-order valence-corrected chi connectivity index (χ0v) is 10.1. The van der Waals surface area contributed by atoms with E-state index in [1.807, 2.05) is 0 Å². The Morgan fingerprint density at radius 1 is 1.61 bits per heavy atom. The molecule has 94 valence electrons. The molecule has 7 nitrogen and oxygen atoms in total. The number of hydrogen-bond donors (Lipinski definition) is 1. The van der Waals surface area contributed by atoms with Crippen molar-refractivity contribution in [2.75, 3.05) is 0 Å². The van der Waals surface area contributed by atoms with Crippen LogP contribution in [0.15, 0.2) is 23.1 Å². The summed E-state index contributed by atoms with van der Waals surface area (Å²) in [5, 5.41) is 10.5. The normalized spacial score (nSPS) is 10.3. The van der Waals surface area contributed by atoms with E-state index in [1.165, 1.54) is 17.7 Å². The summed E-state index contributed by atoms with van der Waals surface area (Å²) in [5.74, 6) is -0.305. The molecule has 8 heteroatoms. The first-order valence-electron chi connectivity index (χ1n) is 5.00. The van der Waals surface area contributed by atoms with Gasteiger partial charge in [-0.2, -0.15) is 10.2 Å². The molecule has 0 amide bonds. The van der Waals surface area contributed by atoms with E-state index in [1.54, 1.807) is 12.3 Å². The number of ether oxygens (including phenoxy) is 1. The number of halogens is 1. The van der Waals surface area contributed by atoms with Gasteiger partial charge in [-0.1, -0.05) is 11.6 Å². The number of hydrogen-bond acceptors (Lipinski definition) is 5. The zero-order chi connectivity index (χ0) is 13.1. The molecule has 0 radical (unpaired) electrons. The smallest absolute Gasteiger partial charge is 0.303 e. The predicted octanol–water partition coefficient (Wildman–Crippen LogP) is 0.672. The van der Waals surface area contributed by atoms with E-state index in [0.717, 1.165) is 0 Å². The minimum absolute atomic E-state index is 0.0494. The molecule has 0 aliphatic heterocycles. The van der Waals surface area contributed by atoms with Crippen LogP contribution < -0.4 is 5.43 Å². The largest absolute Gasteiger partial charge is 0.459 e. The van der Waals surface area contributed by atoms with Crippen molar-refractivity contribution in [1.82, 2.24) is 20.0 Å². The first-order valence-corrected chi connectivity index (χ1v) is 5.37. The van der Waals surface area contributed by atoms with Gasteiger partial charge in [0.25, 0.3) is 0 Å². The number of nitrogens with zero attached hydrogens (tertiary/aromatic N) is 3. The summed E-state index contributed by atoms with van der Waals surface area (Å²) >= 11 is 5.59. The number of esters is 1. The Bertz CT molecular complexity index is 634. The molecule has 2 aromatic heterocycles. The first kappa shape index (κ1) is 12.3. The fourth-order valence-electron chi connectivity index (χ4n) is 1.27. The van der Waals surface area contributed by atoms with Crippen LogP contribution in [0, 0.1) is 0 Å². The zero-order valence-electron chi connectivity index (χ0n) is 9.38. The molecule has 0 aromatic carbocycles. The highest BCUT2D eigenvalue weighted by Gasteiger charge is 2.08. The maximum atomic E-state index is 11.6. The number of carbonyl (C=O) groups excluding carboxylic acids is 1. The van der Waals surface area contributed by atoms with E-state index in [0.29, 0.717) is 5.69 Å². The van der Waals surface area contributed by atoms with Crippen molar-refractivity contribution in [2.24, 2.45) is 0 Å². The summed E-state index contributed by atoms with van der Waals surface area (Å²) in [5.41, 5.74) is 0.155. The van der Waals surface area contributed by atoms with Crippen LogP contribution in [0.3, 0.4) is 0 Å². The molecule has 0 bridgehead atoms. The van der Waals surface area contributed by atoms with Crippen molar-refractivity contribution in [2.45, 2.75) is 13.5 Å². The van der Waals surface area contributed by atoms with Crippen molar-refractivity contribution in [1.29, 1.82) is 0 Å². The minimum atomic E-state index is -0.396. The summed E-state index contributed by atoms with van der Waals surface area (Å²) < 4.78 is 6.07. The second-order valence-electron chi connectivity index (χ2n) is 3.44. The lowest BCUT2D eigenvalue weighted by Crippen LogP contribution is -2.15. The van der Waals surface area contributed by atoms with Gasteiger partial charge in [-0.05, 0) is 6.07 Å². The SMILES string of the molecule is CC(=O)OCc1ccn(-c2n[nH]c(Cl)cc2=O)n1. The second kappa shape index (κ2) is 5.01. The van der Waals surface area contributed by atoms with Gasteiger partial charge in [0.15, 0.2) is 0 Å². The van der Waals surface area contributed by atoms with E-state index in [-0.39, 0.29) is 23.0 Å². The molecule has 18 heavy (non-hydrogen) atoms. The monoisotopic (exact) mass is 268 g/mol. The number of carbonyl (C=O) groups is 1. The molecule has 0 fully saturated rings. The van der Waals surface area contributed by atoms with Gasteiger partial charge in [0.2, 0.25) is 11.2 Å². The van der Waals surface area contributed by atoms with Crippen LogP contribution in [0.1, 0.15) is 12.6 Å². The first-order chi connectivity index (χ1) is 8.56. The summed E-state index contributed by atoms with van der Waals surface area (Å²) in [6.07, 6.45) is 1.55. The Morgan fingerprint density at radius 2 is 2.39 bits per heavy atom. The molecule has 0 unspecified atom stereocenters. The van der Waals surface area contributed by atoms with Crippen molar-refractivity contribution < 1.29 is 9.53 Å². The number of rotatable bonds is 3. The lowest BCUT2D eigenvalue weighted by molar-refractivity contribution is -0.142. The number of aromatic amines is 1. The van der Waals surface area contributed by atoms with Crippen LogP contribution >= 0.6 is 11.6 Å². The van der Waals surface area contributed by atoms with E-state index >= 15 is 0 Å². The molecule has 0 saturated heterocycles. The topological polar surface area (TPSA) is 89.9 Å². The van der Waals surface area contributed by atoms with Crippen LogP contribution in [-0.2, 0) is 16.1 Å². The van der Waals surface area contributed by atoms with Crippen molar-refractivity contribution in [3.05, 3.63) is 39.4 Å². The van der Waals surface area contributed by atoms with Crippen molar-refractivity contribution >= 4 is 17.6 Å². The highest BCUT2D eigenvalue weighted by Crippen LogP contribution is 2.03. The lowest BCUT2D eigenvalue weighted by atomic mass is 10.5. The lowest BCUT2D eigenvalue weighted by Gasteiger charge is -1.99. The van der Waals surface area contributed by atoms with Gasteiger partial charge in [0.05, 0.1) is 0 Å². The third-order valence-electron chi connectivity index (χ3n) is 2.03. The van der Waals surface area contributed by atoms with Crippen LogP contribution in [0.2, 0.25) is 5.15 Å². The Hall–Kier alpha value is -2.15. The Morgan fingerprint density at radius 3 is 3.06 bits per heavy atom. The third kappa shape index (κ3) is 2.75. The summed E-state index contributed by atoms with van der Waals surface area (Å²) in [4.78, 5) is 22.2. The van der Waals surface area contributed by atoms with E-state index in [2.05, 4.69) is 15.3 Å². The van der Waals surface area contributed by atoms with Crippen LogP contribution in [-0.4, -0.2) is 25.9 Å². The maximum Gasteiger partial charge on any atom is 0.303 e. The molecule has 2 rings (SSSR count). The molecule has 0 aliphatic carbocycles. The van der Waals surface area contributed by atoms with Gasteiger partial charge in [-0.25, -0.2) is 4.68 Å². The molecular formula is C10H9ClN4O3. The molecule has 0 atom stereocenters. The molecule has 0 saturated carbocycles. The van der Waals surface area contributed by atoms with Crippen LogP contribution in [0.25, 0.3) is 5.82 Å². The summed E-state index contributed by atoms with van der Waals surface area (Å²) in [6.45, 7) is 1.36. The van der Waals surface area contributed by atoms with Gasteiger partial charge < -0.3 is 4.74 Å².